The molecule has 0 fully saturated rings. The van der Waals surface area contributed by atoms with Crippen molar-refractivity contribution >= 4 is 23.3 Å². The van der Waals surface area contributed by atoms with Gasteiger partial charge in [0.2, 0.25) is 5.91 Å². The summed E-state index contributed by atoms with van der Waals surface area (Å²) < 4.78 is 13.2. The Bertz CT molecular complexity index is 992. The van der Waals surface area contributed by atoms with Crippen LogP contribution in [0.2, 0.25) is 0 Å². The van der Waals surface area contributed by atoms with Crippen LogP contribution < -0.4 is 16.0 Å². The first-order chi connectivity index (χ1) is 14.0. The fourth-order valence-corrected chi connectivity index (χ4v) is 2.85. The number of para-hydroxylation sites is 1. The van der Waals surface area contributed by atoms with Gasteiger partial charge in [0.15, 0.2) is 0 Å². The smallest absolute Gasteiger partial charge is 0.319 e. The van der Waals surface area contributed by atoms with Crippen LogP contribution in [0.4, 0.5) is 20.6 Å². The molecule has 0 aliphatic rings. The zero-order valence-electron chi connectivity index (χ0n) is 16.0. The maximum atomic E-state index is 13.2. The lowest BCUT2D eigenvalue weighted by atomic mass is 10.0. The second-order valence-electron chi connectivity index (χ2n) is 6.64. The lowest BCUT2D eigenvalue weighted by molar-refractivity contribution is -0.117. The van der Waals surface area contributed by atoms with E-state index in [-0.39, 0.29) is 5.91 Å². The highest BCUT2D eigenvalue weighted by Gasteiger charge is 2.17. The highest BCUT2D eigenvalue weighted by molar-refractivity contribution is 5.99. The first kappa shape index (κ1) is 20.1. The number of hydrogen-bond acceptors (Lipinski definition) is 2. The molecule has 0 bridgehead atoms. The van der Waals surface area contributed by atoms with Crippen LogP contribution in [0.5, 0.6) is 0 Å². The van der Waals surface area contributed by atoms with Gasteiger partial charge in [0, 0.05) is 11.4 Å². The number of carbonyl (C=O) groups excluding carboxylic acids is 2. The zero-order chi connectivity index (χ0) is 20.6. The van der Waals surface area contributed by atoms with Crippen molar-refractivity contribution in [3.8, 4) is 0 Å². The summed E-state index contributed by atoms with van der Waals surface area (Å²) in [4.78, 5) is 24.6. The van der Waals surface area contributed by atoms with E-state index in [9.17, 15) is 14.0 Å². The minimum atomic E-state index is -0.784. The van der Waals surface area contributed by atoms with Crippen LogP contribution in [-0.4, -0.2) is 18.0 Å². The van der Waals surface area contributed by atoms with Crippen molar-refractivity contribution in [2.24, 2.45) is 0 Å². The van der Waals surface area contributed by atoms with E-state index < -0.39 is 17.9 Å². The molecule has 3 aromatic rings. The molecule has 148 valence electrons. The van der Waals surface area contributed by atoms with E-state index in [0.717, 1.165) is 11.1 Å². The summed E-state index contributed by atoms with van der Waals surface area (Å²) in [6.07, 6.45) is 0.680. The van der Waals surface area contributed by atoms with Gasteiger partial charge in [-0.2, -0.15) is 0 Å². The second-order valence-corrected chi connectivity index (χ2v) is 6.64. The van der Waals surface area contributed by atoms with E-state index in [0.29, 0.717) is 17.8 Å². The highest BCUT2D eigenvalue weighted by atomic mass is 19.1. The Balaban J connectivity index is 1.60. The van der Waals surface area contributed by atoms with Crippen LogP contribution in [0.1, 0.15) is 18.1 Å². The Hall–Kier alpha value is -3.67. The summed E-state index contributed by atoms with van der Waals surface area (Å²) in [5.74, 6) is -0.802. The number of hydrogen-bond donors (Lipinski definition) is 3. The molecule has 0 aromatic heterocycles. The minimum Gasteiger partial charge on any atom is -0.326 e. The van der Waals surface area contributed by atoms with Gasteiger partial charge in [-0.25, -0.2) is 9.18 Å². The average Bonchev–Trinajstić information content (AvgIpc) is 2.70. The van der Waals surface area contributed by atoms with Crippen LogP contribution in [0.3, 0.4) is 0 Å². The van der Waals surface area contributed by atoms with Gasteiger partial charge in [-0.05, 0) is 48.7 Å². The summed E-state index contributed by atoms with van der Waals surface area (Å²) in [7, 11) is 0. The molecule has 1 unspecified atom stereocenters. The van der Waals surface area contributed by atoms with E-state index in [1.54, 1.807) is 13.0 Å². The second kappa shape index (κ2) is 9.50. The molecule has 1 atom stereocenters. The predicted molar refractivity (Wildman–Crippen MR) is 112 cm³/mol. The lowest BCUT2D eigenvalue weighted by Gasteiger charge is -2.17. The fraction of sp³-hybridized carbons (Fsp3) is 0.130. The molecule has 0 saturated carbocycles. The zero-order valence-corrected chi connectivity index (χ0v) is 16.0. The highest BCUT2D eigenvalue weighted by Crippen LogP contribution is 2.19. The van der Waals surface area contributed by atoms with E-state index >= 15 is 0 Å². The first-order valence-electron chi connectivity index (χ1n) is 9.27. The number of nitrogens with one attached hydrogen (secondary N) is 3. The molecule has 0 radical (unpaired) electrons. The summed E-state index contributed by atoms with van der Waals surface area (Å²) >= 11 is 0. The number of urea groups is 1. The summed E-state index contributed by atoms with van der Waals surface area (Å²) in [5.41, 5.74) is 3.11. The SMILES string of the molecule is CC(NC(=O)Nc1cccc(F)c1)C(=O)Nc1ccccc1Cc1ccccc1. The maximum absolute atomic E-state index is 13.2. The lowest BCUT2D eigenvalue weighted by Crippen LogP contribution is -2.43. The molecule has 0 saturated heterocycles. The fourth-order valence-electron chi connectivity index (χ4n) is 2.85. The van der Waals surface area contributed by atoms with Gasteiger partial charge >= 0.3 is 6.03 Å². The Morgan fingerprint density at radius 1 is 0.897 bits per heavy atom. The van der Waals surface area contributed by atoms with Gasteiger partial charge in [-0.15, -0.1) is 0 Å². The van der Waals surface area contributed by atoms with Crippen molar-refractivity contribution in [1.82, 2.24) is 5.32 Å². The molecular formula is C23H22FN3O2. The molecular weight excluding hydrogens is 369 g/mol. The maximum Gasteiger partial charge on any atom is 0.319 e. The van der Waals surface area contributed by atoms with Gasteiger partial charge in [0.25, 0.3) is 0 Å². The quantitative estimate of drug-likeness (QED) is 0.576. The molecule has 5 nitrogen and oxygen atoms in total. The van der Waals surface area contributed by atoms with Gasteiger partial charge in [-0.1, -0.05) is 54.6 Å². The number of rotatable bonds is 6. The molecule has 0 aliphatic carbocycles. The van der Waals surface area contributed by atoms with E-state index in [1.807, 2.05) is 54.6 Å². The Kier molecular flexibility index (Phi) is 6.58. The summed E-state index contributed by atoms with van der Waals surface area (Å²) in [5, 5.41) is 7.93. The third kappa shape index (κ3) is 5.90. The first-order valence-corrected chi connectivity index (χ1v) is 9.27. The molecule has 3 rings (SSSR count). The molecule has 3 amide bonds. The third-order valence-corrected chi connectivity index (χ3v) is 4.34. The van der Waals surface area contributed by atoms with Crippen LogP contribution >= 0.6 is 0 Å². The number of amides is 3. The van der Waals surface area contributed by atoms with E-state index in [1.165, 1.54) is 18.2 Å². The van der Waals surface area contributed by atoms with Crippen molar-refractivity contribution < 1.29 is 14.0 Å². The average molecular weight is 391 g/mol. The van der Waals surface area contributed by atoms with Crippen LogP contribution in [0.15, 0.2) is 78.9 Å². The topological polar surface area (TPSA) is 70.2 Å². The number of benzene rings is 3. The largest absolute Gasteiger partial charge is 0.326 e. The standard InChI is InChI=1S/C23H22FN3O2/c1-16(25-23(29)26-20-12-7-11-19(24)15-20)22(28)27-21-13-6-5-10-18(21)14-17-8-3-2-4-9-17/h2-13,15-16H,14H2,1H3,(H,27,28)(H2,25,26,29). The number of carbonyl (C=O) groups is 2. The van der Waals surface area contributed by atoms with Crippen molar-refractivity contribution in [2.45, 2.75) is 19.4 Å². The third-order valence-electron chi connectivity index (χ3n) is 4.34. The van der Waals surface area contributed by atoms with E-state index in [2.05, 4.69) is 16.0 Å². The molecule has 0 heterocycles. The van der Waals surface area contributed by atoms with Crippen LogP contribution in [-0.2, 0) is 11.2 Å². The number of anilines is 2. The summed E-state index contributed by atoms with van der Waals surface area (Å²) in [6, 6.07) is 21.7. The summed E-state index contributed by atoms with van der Waals surface area (Å²) in [6.45, 7) is 1.58. The van der Waals surface area contributed by atoms with Gasteiger partial charge in [0.1, 0.15) is 11.9 Å². The Morgan fingerprint density at radius 3 is 2.38 bits per heavy atom. The number of halogens is 1. The molecule has 3 aromatic carbocycles. The Labute approximate surface area is 169 Å². The van der Waals surface area contributed by atoms with E-state index in [4.69, 9.17) is 0 Å². The van der Waals surface area contributed by atoms with Crippen molar-refractivity contribution in [1.29, 1.82) is 0 Å². The molecule has 29 heavy (non-hydrogen) atoms. The molecule has 0 aliphatic heterocycles. The van der Waals surface area contributed by atoms with Crippen molar-refractivity contribution in [2.75, 3.05) is 10.6 Å². The van der Waals surface area contributed by atoms with Crippen molar-refractivity contribution in [3.63, 3.8) is 0 Å². The minimum absolute atomic E-state index is 0.309. The molecule has 6 heteroatoms. The van der Waals surface area contributed by atoms with Crippen molar-refractivity contribution in [3.05, 3.63) is 95.8 Å². The molecule has 0 spiro atoms. The van der Waals surface area contributed by atoms with Crippen LogP contribution in [0.25, 0.3) is 0 Å². The van der Waals surface area contributed by atoms with Gasteiger partial charge in [0.05, 0.1) is 0 Å². The van der Waals surface area contributed by atoms with Gasteiger partial charge in [-0.3, -0.25) is 4.79 Å². The van der Waals surface area contributed by atoms with Gasteiger partial charge < -0.3 is 16.0 Å². The Morgan fingerprint density at radius 2 is 1.62 bits per heavy atom. The monoisotopic (exact) mass is 391 g/mol. The predicted octanol–water partition coefficient (Wildman–Crippen LogP) is 4.57. The molecule has 3 N–H and O–H groups in total. The normalized spacial score (nSPS) is 11.4. The van der Waals surface area contributed by atoms with Crippen LogP contribution in [0, 0.1) is 5.82 Å².